The molecule has 1 aliphatic heterocycles. The first kappa shape index (κ1) is 16.7. The van der Waals surface area contributed by atoms with Gasteiger partial charge in [0.05, 0.1) is 11.1 Å². The minimum Gasteiger partial charge on any atom is -0.344 e. The average Bonchev–Trinajstić information content (AvgIpc) is 2.82. The van der Waals surface area contributed by atoms with Crippen LogP contribution < -0.4 is 10.6 Å². The second-order valence-corrected chi connectivity index (χ2v) is 7.56. The summed E-state index contributed by atoms with van der Waals surface area (Å²) in [6.45, 7) is 5.97. The van der Waals surface area contributed by atoms with E-state index in [1.54, 1.807) is 0 Å². The molecule has 1 saturated carbocycles. The molecule has 1 amide bonds. The molecule has 0 spiro atoms. The molecule has 4 rings (SSSR count). The molecule has 23 heavy (non-hydrogen) atoms. The van der Waals surface area contributed by atoms with Gasteiger partial charge >= 0.3 is 0 Å². The third kappa shape index (κ3) is 2.66. The van der Waals surface area contributed by atoms with Crippen molar-refractivity contribution < 1.29 is 4.79 Å². The predicted molar refractivity (Wildman–Crippen MR) is 94.6 cm³/mol. The number of halogens is 2. The maximum atomic E-state index is 12.6. The van der Waals surface area contributed by atoms with E-state index in [-0.39, 0.29) is 24.2 Å². The summed E-state index contributed by atoms with van der Waals surface area (Å²) in [7, 11) is 0. The Labute approximate surface area is 149 Å². The third-order valence-electron chi connectivity index (χ3n) is 4.89. The van der Waals surface area contributed by atoms with Gasteiger partial charge in [-0.3, -0.25) is 4.79 Å². The van der Waals surface area contributed by atoms with Crippen LogP contribution in [0, 0.1) is 17.8 Å². The third-order valence-corrected chi connectivity index (χ3v) is 5.48. The van der Waals surface area contributed by atoms with Crippen LogP contribution in [0.25, 0.3) is 5.52 Å². The normalized spacial score (nSPS) is 25.8. The van der Waals surface area contributed by atoms with Crippen LogP contribution in [0.5, 0.6) is 0 Å². The number of piperidine rings is 1. The summed E-state index contributed by atoms with van der Waals surface area (Å²) in [4.78, 5) is 17.2. The summed E-state index contributed by atoms with van der Waals surface area (Å²) in [6, 6.07) is 5.96. The Kier molecular flexibility index (Phi) is 4.19. The number of pyridine rings is 1. The molecule has 2 fully saturated rings. The van der Waals surface area contributed by atoms with E-state index < -0.39 is 5.54 Å². The fourth-order valence-corrected chi connectivity index (χ4v) is 4.19. The Morgan fingerprint density at radius 2 is 2.09 bits per heavy atom. The Balaban J connectivity index is 0.00000156. The number of amides is 1. The van der Waals surface area contributed by atoms with Crippen LogP contribution in [0.3, 0.4) is 0 Å². The number of hydrogen-bond acceptors (Lipinski definition) is 3. The van der Waals surface area contributed by atoms with Crippen LogP contribution in [0.2, 0.25) is 0 Å². The Hall–Kier alpha value is -1.11. The zero-order valence-electron chi connectivity index (χ0n) is 13.0. The monoisotopic (exact) mass is 398 g/mol. The molecule has 2 N–H and O–H groups in total. The minimum atomic E-state index is -0.516. The molecule has 2 aromatic rings. The molecule has 0 bridgehead atoms. The summed E-state index contributed by atoms with van der Waals surface area (Å²) in [5.74, 6) is 2.23. The lowest BCUT2D eigenvalue weighted by Crippen LogP contribution is -2.44. The first-order chi connectivity index (χ1) is 10.5. The van der Waals surface area contributed by atoms with Crippen LogP contribution in [-0.2, 0) is 10.3 Å². The van der Waals surface area contributed by atoms with Gasteiger partial charge in [-0.15, -0.1) is 12.4 Å². The number of hydrogen-bond donors (Lipinski definition) is 2. The van der Waals surface area contributed by atoms with Gasteiger partial charge in [0.15, 0.2) is 0 Å². The number of nitrogens with zero attached hydrogens (tertiary/aromatic N) is 2. The first-order valence-electron chi connectivity index (χ1n) is 7.65. The van der Waals surface area contributed by atoms with Crippen molar-refractivity contribution in [2.75, 3.05) is 13.1 Å². The second kappa shape index (κ2) is 5.76. The van der Waals surface area contributed by atoms with Gasteiger partial charge in [0.2, 0.25) is 5.91 Å². The Bertz CT molecular complexity index is 750. The number of carbonyl (C=O) groups excluding carboxylic acids is 1. The average molecular weight is 400 g/mol. The van der Waals surface area contributed by atoms with Crippen LogP contribution in [0.15, 0.2) is 29.0 Å². The van der Waals surface area contributed by atoms with Gasteiger partial charge in [-0.05, 0) is 66.8 Å². The summed E-state index contributed by atoms with van der Waals surface area (Å²) in [5.41, 5.74) is 0.491. The SMILES string of the molecule is CC(C)(NC(=O)C1[C@H]2CNC[C@@H]12)c1nc(Br)c2ccccn12.Cl. The van der Waals surface area contributed by atoms with Gasteiger partial charge in [0.25, 0.3) is 0 Å². The molecule has 1 aliphatic carbocycles. The van der Waals surface area contributed by atoms with Gasteiger partial charge in [0.1, 0.15) is 10.4 Å². The lowest BCUT2D eigenvalue weighted by atomic mass is 10.0. The highest BCUT2D eigenvalue weighted by Gasteiger charge is 2.57. The lowest BCUT2D eigenvalue weighted by molar-refractivity contribution is -0.124. The van der Waals surface area contributed by atoms with E-state index in [4.69, 9.17) is 0 Å². The summed E-state index contributed by atoms with van der Waals surface area (Å²) in [6.07, 6.45) is 1.98. The van der Waals surface area contributed by atoms with E-state index >= 15 is 0 Å². The van der Waals surface area contributed by atoms with Crippen molar-refractivity contribution in [1.29, 1.82) is 0 Å². The number of imidazole rings is 1. The van der Waals surface area contributed by atoms with E-state index in [1.165, 1.54) is 0 Å². The molecule has 0 radical (unpaired) electrons. The summed E-state index contributed by atoms with van der Waals surface area (Å²) >= 11 is 3.50. The predicted octanol–water partition coefficient (Wildman–Crippen LogP) is 2.34. The molecule has 1 saturated heterocycles. The lowest BCUT2D eigenvalue weighted by Gasteiger charge is -2.25. The van der Waals surface area contributed by atoms with Crippen molar-refractivity contribution in [3.05, 3.63) is 34.8 Å². The molecule has 7 heteroatoms. The molecule has 2 aromatic heterocycles. The van der Waals surface area contributed by atoms with Crippen molar-refractivity contribution in [1.82, 2.24) is 20.0 Å². The van der Waals surface area contributed by atoms with E-state index in [0.29, 0.717) is 11.8 Å². The molecule has 2 aliphatic rings. The summed E-state index contributed by atoms with van der Waals surface area (Å²) < 4.78 is 2.83. The highest BCUT2D eigenvalue weighted by atomic mass is 79.9. The maximum absolute atomic E-state index is 12.6. The largest absolute Gasteiger partial charge is 0.344 e. The topological polar surface area (TPSA) is 58.4 Å². The summed E-state index contributed by atoms with van der Waals surface area (Å²) in [5, 5.41) is 6.52. The molecular weight excluding hydrogens is 380 g/mol. The molecule has 0 aromatic carbocycles. The smallest absolute Gasteiger partial charge is 0.224 e. The standard InChI is InChI=1S/C16H19BrN4O.ClH/c1-16(2,20-14(22)12-9-7-18-8-10(9)12)15-19-13(17)11-5-3-4-6-21(11)15;/h3-6,9-10,12,18H,7-8H2,1-2H3,(H,20,22);1H/t9-,10+,12?;. The van der Waals surface area contributed by atoms with Crippen molar-refractivity contribution in [3.63, 3.8) is 0 Å². The van der Waals surface area contributed by atoms with E-state index in [9.17, 15) is 4.79 Å². The minimum absolute atomic E-state index is 0. The zero-order chi connectivity index (χ0) is 15.5. The number of nitrogens with one attached hydrogen (secondary N) is 2. The van der Waals surface area contributed by atoms with Gasteiger partial charge in [0, 0.05) is 12.1 Å². The molecule has 124 valence electrons. The van der Waals surface area contributed by atoms with Crippen LogP contribution in [0.1, 0.15) is 19.7 Å². The number of aromatic nitrogens is 2. The van der Waals surface area contributed by atoms with Crippen molar-refractivity contribution >= 4 is 39.8 Å². The van der Waals surface area contributed by atoms with Gasteiger partial charge < -0.3 is 15.0 Å². The quantitative estimate of drug-likeness (QED) is 0.833. The Morgan fingerprint density at radius 3 is 2.78 bits per heavy atom. The molecule has 1 unspecified atom stereocenters. The van der Waals surface area contributed by atoms with Crippen molar-refractivity contribution in [3.8, 4) is 0 Å². The number of rotatable bonds is 3. The second-order valence-electron chi connectivity index (χ2n) is 6.81. The van der Waals surface area contributed by atoms with Crippen LogP contribution in [-0.4, -0.2) is 28.4 Å². The molecule has 3 heterocycles. The van der Waals surface area contributed by atoms with E-state index in [1.807, 2.05) is 42.6 Å². The highest BCUT2D eigenvalue weighted by molar-refractivity contribution is 9.10. The van der Waals surface area contributed by atoms with E-state index in [0.717, 1.165) is 29.0 Å². The zero-order valence-corrected chi connectivity index (χ0v) is 15.4. The first-order valence-corrected chi connectivity index (χ1v) is 8.44. The molecular formula is C16H20BrClN4O. The number of fused-ring (bicyclic) bond motifs is 2. The highest BCUT2D eigenvalue weighted by Crippen LogP contribution is 2.49. The number of carbonyl (C=O) groups is 1. The molecule has 3 atom stereocenters. The van der Waals surface area contributed by atoms with Crippen LogP contribution in [0.4, 0.5) is 0 Å². The van der Waals surface area contributed by atoms with Gasteiger partial charge in [-0.1, -0.05) is 6.07 Å². The van der Waals surface area contributed by atoms with Gasteiger partial charge in [-0.25, -0.2) is 4.98 Å². The molecule has 5 nitrogen and oxygen atoms in total. The van der Waals surface area contributed by atoms with Crippen molar-refractivity contribution in [2.24, 2.45) is 17.8 Å². The Morgan fingerprint density at radius 1 is 1.39 bits per heavy atom. The van der Waals surface area contributed by atoms with Crippen molar-refractivity contribution in [2.45, 2.75) is 19.4 Å². The van der Waals surface area contributed by atoms with Crippen LogP contribution >= 0.6 is 28.3 Å². The fraction of sp³-hybridized carbons (Fsp3) is 0.500. The maximum Gasteiger partial charge on any atom is 0.224 e. The van der Waals surface area contributed by atoms with E-state index in [2.05, 4.69) is 31.5 Å². The van der Waals surface area contributed by atoms with Gasteiger partial charge in [-0.2, -0.15) is 0 Å². The fourth-order valence-electron chi connectivity index (χ4n) is 3.70.